The summed E-state index contributed by atoms with van der Waals surface area (Å²) >= 11 is 1.50. The summed E-state index contributed by atoms with van der Waals surface area (Å²) in [6.07, 6.45) is 0. The van der Waals surface area contributed by atoms with E-state index < -0.39 is 0 Å². The van der Waals surface area contributed by atoms with E-state index >= 15 is 0 Å². The Morgan fingerprint density at radius 2 is 1.88 bits per heavy atom. The van der Waals surface area contributed by atoms with E-state index in [9.17, 15) is 4.79 Å². The van der Waals surface area contributed by atoms with Crippen LogP contribution >= 0.6 is 11.8 Å². The summed E-state index contributed by atoms with van der Waals surface area (Å²) in [4.78, 5) is 11.5. The van der Waals surface area contributed by atoms with Crippen LogP contribution in [0.2, 0.25) is 0 Å². The van der Waals surface area contributed by atoms with Crippen LogP contribution < -0.4 is 4.74 Å². The minimum absolute atomic E-state index is 0.348. The number of nitrogens with zero attached hydrogens (tertiary/aromatic N) is 4. The fourth-order valence-electron chi connectivity index (χ4n) is 2.23. The number of aromatic nitrogens is 4. The first-order valence-electron chi connectivity index (χ1n) is 7.44. The zero-order valence-corrected chi connectivity index (χ0v) is 14.6. The maximum atomic E-state index is 11.5. The molecule has 0 unspecified atom stereocenters. The van der Waals surface area contributed by atoms with Crippen LogP contribution in [0.1, 0.15) is 15.9 Å². The number of benzene rings is 2. The van der Waals surface area contributed by atoms with Gasteiger partial charge in [-0.1, -0.05) is 36.0 Å². The van der Waals surface area contributed by atoms with Crippen molar-refractivity contribution in [3.63, 3.8) is 0 Å². The normalized spacial score (nSPS) is 10.5. The van der Waals surface area contributed by atoms with E-state index in [1.54, 1.807) is 23.9 Å². The summed E-state index contributed by atoms with van der Waals surface area (Å²) in [5.41, 5.74) is 2.35. The van der Waals surface area contributed by atoms with Gasteiger partial charge in [0.05, 0.1) is 19.8 Å². The van der Waals surface area contributed by atoms with Crippen molar-refractivity contribution in [2.75, 3.05) is 14.2 Å². The van der Waals surface area contributed by atoms with Crippen LogP contribution in [-0.4, -0.2) is 40.4 Å². The van der Waals surface area contributed by atoms with Crippen molar-refractivity contribution in [1.82, 2.24) is 20.2 Å². The minimum Gasteiger partial charge on any atom is -0.494 e. The summed E-state index contributed by atoms with van der Waals surface area (Å²) < 4.78 is 11.7. The van der Waals surface area contributed by atoms with Crippen molar-refractivity contribution in [1.29, 1.82) is 0 Å². The Bertz CT molecular complexity index is 864. The lowest BCUT2D eigenvalue weighted by molar-refractivity contribution is 0.0600. The fourth-order valence-corrected chi connectivity index (χ4v) is 3.07. The maximum absolute atomic E-state index is 11.5. The van der Waals surface area contributed by atoms with Crippen LogP contribution in [0.25, 0.3) is 5.69 Å². The van der Waals surface area contributed by atoms with Gasteiger partial charge in [-0.3, -0.25) is 0 Å². The Labute approximate surface area is 149 Å². The second kappa shape index (κ2) is 7.80. The molecule has 1 heterocycles. The highest BCUT2D eigenvalue weighted by atomic mass is 32.2. The minimum atomic E-state index is -0.348. The standard InChI is InChI=1S/C17H16N4O3S/c1-23-15-6-4-3-5-14(15)21-17(18-19-20-21)25-11-12-7-9-13(10-8-12)16(22)24-2/h3-10H,11H2,1-2H3. The first-order chi connectivity index (χ1) is 12.2. The van der Waals surface area contributed by atoms with Crippen LogP contribution in [0.15, 0.2) is 53.7 Å². The van der Waals surface area contributed by atoms with Crippen molar-refractivity contribution in [3.05, 3.63) is 59.7 Å². The molecule has 0 aliphatic carbocycles. The second-order valence-corrected chi connectivity index (χ2v) is 5.96. The molecule has 0 N–H and O–H groups in total. The van der Waals surface area contributed by atoms with Crippen molar-refractivity contribution in [2.45, 2.75) is 10.9 Å². The number of carbonyl (C=O) groups excluding carboxylic acids is 1. The van der Waals surface area contributed by atoms with E-state index in [0.29, 0.717) is 22.2 Å². The molecule has 3 aromatic rings. The number of hydrogen-bond donors (Lipinski definition) is 0. The van der Waals surface area contributed by atoms with Gasteiger partial charge in [0.25, 0.3) is 0 Å². The first-order valence-corrected chi connectivity index (χ1v) is 8.43. The third-order valence-electron chi connectivity index (χ3n) is 3.50. The van der Waals surface area contributed by atoms with Crippen LogP contribution in [0.5, 0.6) is 5.75 Å². The smallest absolute Gasteiger partial charge is 0.337 e. The number of esters is 1. The molecule has 8 heteroatoms. The monoisotopic (exact) mass is 356 g/mol. The van der Waals surface area contributed by atoms with E-state index in [1.165, 1.54) is 18.9 Å². The lowest BCUT2D eigenvalue weighted by atomic mass is 10.1. The Morgan fingerprint density at radius 1 is 1.12 bits per heavy atom. The third-order valence-corrected chi connectivity index (χ3v) is 4.49. The number of ether oxygens (including phenoxy) is 2. The highest BCUT2D eigenvalue weighted by molar-refractivity contribution is 7.98. The van der Waals surface area contributed by atoms with Crippen molar-refractivity contribution >= 4 is 17.7 Å². The highest BCUT2D eigenvalue weighted by Crippen LogP contribution is 2.27. The van der Waals surface area contributed by atoms with Crippen molar-refractivity contribution in [3.8, 4) is 11.4 Å². The van der Waals surface area contributed by atoms with Gasteiger partial charge in [-0.15, -0.1) is 5.10 Å². The zero-order valence-electron chi connectivity index (χ0n) is 13.7. The summed E-state index contributed by atoms with van der Waals surface area (Å²) in [5.74, 6) is 1.01. The van der Waals surface area contributed by atoms with E-state index in [2.05, 4.69) is 15.5 Å². The molecule has 0 saturated carbocycles. The van der Waals surface area contributed by atoms with Crippen LogP contribution in [-0.2, 0) is 10.5 Å². The van der Waals surface area contributed by atoms with Gasteiger partial charge in [0.1, 0.15) is 11.4 Å². The number of hydrogen-bond acceptors (Lipinski definition) is 7. The average Bonchev–Trinajstić information content (AvgIpc) is 3.14. The molecule has 0 aliphatic rings. The molecule has 2 aromatic carbocycles. The van der Waals surface area contributed by atoms with Crippen LogP contribution in [0, 0.1) is 0 Å². The molecule has 3 rings (SSSR count). The van der Waals surface area contributed by atoms with Gasteiger partial charge in [-0.2, -0.15) is 4.68 Å². The number of tetrazole rings is 1. The molecule has 1 aromatic heterocycles. The topological polar surface area (TPSA) is 79.1 Å². The molecule has 128 valence electrons. The van der Waals surface area contributed by atoms with Gasteiger partial charge in [-0.25, -0.2) is 4.79 Å². The molecule has 0 aliphatic heterocycles. The highest BCUT2D eigenvalue weighted by Gasteiger charge is 2.13. The summed E-state index contributed by atoms with van der Waals surface area (Å²) in [6.45, 7) is 0. The predicted octanol–water partition coefficient (Wildman–Crippen LogP) is 2.75. The number of methoxy groups -OCH3 is 2. The van der Waals surface area contributed by atoms with Gasteiger partial charge >= 0.3 is 5.97 Å². The Morgan fingerprint density at radius 3 is 2.60 bits per heavy atom. The molecule has 0 bridgehead atoms. The van der Waals surface area contributed by atoms with Gasteiger partial charge in [0.15, 0.2) is 0 Å². The van der Waals surface area contributed by atoms with E-state index in [4.69, 9.17) is 9.47 Å². The Hall–Kier alpha value is -2.87. The summed E-state index contributed by atoms with van der Waals surface area (Å²) in [6, 6.07) is 14.8. The Kier molecular flexibility index (Phi) is 5.30. The van der Waals surface area contributed by atoms with Crippen LogP contribution in [0.4, 0.5) is 0 Å². The van der Waals surface area contributed by atoms with E-state index in [1.807, 2.05) is 36.4 Å². The number of para-hydroxylation sites is 2. The second-order valence-electron chi connectivity index (χ2n) is 5.02. The number of rotatable bonds is 6. The molecule has 0 fully saturated rings. The average molecular weight is 356 g/mol. The van der Waals surface area contributed by atoms with Crippen molar-refractivity contribution in [2.24, 2.45) is 0 Å². The lowest BCUT2D eigenvalue weighted by Crippen LogP contribution is -2.02. The Balaban J connectivity index is 1.75. The van der Waals surface area contributed by atoms with Crippen LogP contribution in [0.3, 0.4) is 0 Å². The summed E-state index contributed by atoms with van der Waals surface area (Å²) in [5, 5.41) is 12.5. The molecule has 0 radical (unpaired) electrons. The van der Waals surface area contributed by atoms with Gasteiger partial charge in [-0.05, 0) is 40.3 Å². The quantitative estimate of drug-likeness (QED) is 0.496. The van der Waals surface area contributed by atoms with Gasteiger partial charge < -0.3 is 9.47 Å². The molecule has 0 saturated heterocycles. The number of thioether (sulfide) groups is 1. The van der Waals surface area contributed by atoms with Gasteiger partial charge in [0, 0.05) is 5.75 Å². The molecule has 25 heavy (non-hydrogen) atoms. The summed E-state index contributed by atoms with van der Waals surface area (Å²) in [7, 11) is 2.97. The lowest BCUT2D eigenvalue weighted by Gasteiger charge is -2.09. The first kappa shape index (κ1) is 17.0. The molecule has 7 nitrogen and oxygen atoms in total. The van der Waals surface area contributed by atoms with Crippen molar-refractivity contribution < 1.29 is 14.3 Å². The zero-order chi connectivity index (χ0) is 17.6. The fraction of sp³-hybridized carbons (Fsp3) is 0.176. The number of carbonyl (C=O) groups is 1. The largest absolute Gasteiger partial charge is 0.494 e. The molecule has 0 atom stereocenters. The van der Waals surface area contributed by atoms with E-state index in [0.717, 1.165) is 11.3 Å². The molecular weight excluding hydrogens is 340 g/mol. The predicted molar refractivity (Wildman–Crippen MR) is 93.0 cm³/mol. The third kappa shape index (κ3) is 3.80. The molecule has 0 amide bonds. The maximum Gasteiger partial charge on any atom is 0.337 e. The SMILES string of the molecule is COC(=O)c1ccc(CSc2nnnn2-c2ccccc2OC)cc1. The van der Waals surface area contributed by atoms with E-state index in [-0.39, 0.29) is 5.97 Å². The molecule has 0 spiro atoms. The van der Waals surface area contributed by atoms with Gasteiger partial charge in [0.2, 0.25) is 5.16 Å². The molecular formula is C17H16N4O3S.